The first-order valence-corrected chi connectivity index (χ1v) is 5.36. The minimum atomic E-state index is -4.78. The van der Waals surface area contributed by atoms with E-state index in [4.69, 9.17) is 0 Å². The molecule has 2 unspecified atom stereocenters. The van der Waals surface area contributed by atoms with Crippen molar-refractivity contribution in [3.8, 4) is 0 Å². The average Bonchev–Trinajstić information content (AvgIpc) is 2.26. The molecule has 2 nitrogen and oxygen atoms in total. The van der Waals surface area contributed by atoms with E-state index in [1.54, 1.807) is 6.92 Å². The van der Waals surface area contributed by atoms with Gasteiger partial charge in [0.05, 0.1) is 11.2 Å². The summed E-state index contributed by atoms with van der Waals surface area (Å²) in [5.74, 6) is -1.47. The molecular weight excluding hydrogens is 252 g/mol. The molecule has 2 atom stereocenters. The Labute approximate surface area is 102 Å². The zero-order valence-electron chi connectivity index (χ0n) is 9.92. The molecule has 102 valence electrons. The lowest BCUT2D eigenvalue weighted by Gasteiger charge is -2.28. The van der Waals surface area contributed by atoms with Crippen molar-refractivity contribution in [3.05, 3.63) is 35.1 Å². The molecule has 0 radical (unpaired) electrons. The maximum Gasteiger partial charge on any atom is 0.419 e. The summed E-state index contributed by atoms with van der Waals surface area (Å²) >= 11 is 0. The molecule has 1 rings (SSSR count). The topological polar surface area (TPSA) is 40.5 Å². The van der Waals surface area contributed by atoms with Crippen LogP contribution in [-0.4, -0.2) is 15.8 Å². The largest absolute Gasteiger partial charge is 0.419 e. The molecule has 1 aromatic rings. The summed E-state index contributed by atoms with van der Waals surface area (Å²) in [4.78, 5) is 0. The van der Waals surface area contributed by atoms with Crippen molar-refractivity contribution in [1.82, 2.24) is 0 Å². The van der Waals surface area contributed by atoms with Gasteiger partial charge in [-0.1, -0.05) is 13.0 Å². The van der Waals surface area contributed by atoms with Gasteiger partial charge in [-0.15, -0.1) is 0 Å². The first-order chi connectivity index (χ1) is 8.09. The first-order valence-electron chi connectivity index (χ1n) is 5.36. The van der Waals surface area contributed by atoms with E-state index in [1.807, 2.05) is 0 Å². The molecule has 6 heteroatoms. The van der Waals surface area contributed by atoms with Crippen LogP contribution in [0.3, 0.4) is 0 Å². The number of benzene rings is 1. The van der Waals surface area contributed by atoms with Crippen molar-refractivity contribution >= 4 is 0 Å². The molecule has 0 heterocycles. The molecule has 18 heavy (non-hydrogen) atoms. The quantitative estimate of drug-likeness (QED) is 0.825. The van der Waals surface area contributed by atoms with Crippen LogP contribution in [0.1, 0.15) is 37.5 Å². The maximum atomic E-state index is 13.3. The highest BCUT2D eigenvalue weighted by Gasteiger charge is 2.35. The Kier molecular flexibility index (Phi) is 4.02. The fourth-order valence-corrected chi connectivity index (χ4v) is 1.48. The van der Waals surface area contributed by atoms with Gasteiger partial charge in [-0.05, 0) is 31.0 Å². The second kappa shape index (κ2) is 4.85. The molecule has 0 saturated heterocycles. The Morgan fingerprint density at radius 3 is 2.22 bits per heavy atom. The molecule has 0 aliphatic carbocycles. The monoisotopic (exact) mass is 266 g/mol. The van der Waals surface area contributed by atoms with Gasteiger partial charge in [0, 0.05) is 0 Å². The lowest BCUT2D eigenvalue weighted by Crippen LogP contribution is -2.32. The molecule has 0 bridgehead atoms. The van der Waals surface area contributed by atoms with Gasteiger partial charge >= 0.3 is 6.18 Å². The number of aliphatic hydroxyl groups excluding tert-OH is 1. The summed E-state index contributed by atoms with van der Waals surface area (Å²) in [6.45, 7) is 2.93. The predicted octanol–water partition coefficient (Wildman–Crippen LogP) is 3.04. The lowest BCUT2D eigenvalue weighted by molar-refractivity contribution is -0.140. The van der Waals surface area contributed by atoms with Gasteiger partial charge in [0.2, 0.25) is 0 Å². The van der Waals surface area contributed by atoms with Crippen molar-refractivity contribution in [2.24, 2.45) is 0 Å². The van der Waals surface area contributed by atoms with Gasteiger partial charge in [-0.2, -0.15) is 13.2 Å². The molecule has 0 saturated carbocycles. The third-order valence-corrected chi connectivity index (χ3v) is 2.92. The lowest BCUT2D eigenvalue weighted by atomic mass is 9.90. The van der Waals surface area contributed by atoms with E-state index in [9.17, 15) is 27.8 Å². The summed E-state index contributed by atoms with van der Waals surface area (Å²) < 4.78 is 50.3. The molecule has 0 spiro atoms. The van der Waals surface area contributed by atoms with Crippen LogP contribution >= 0.6 is 0 Å². The van der Waals surface area contributed by atoms with Crippen LogP contribution in [-0.2, 0) is 6.18 Å². The summed E-state index contributed by atoms with van der Waals surface area (Å²) in [5, 5.41) is 19.5. The zero-order valence-corrected chi connectivity index (χ0v) is 9.92. The normalized spacial score (nSPS) is 17.3. The number of halogens is 4. The maximum absolute atomic E-state index is 13.3. The Balaban J connectivity index is 3.13. The third kappa shape index (κ3) is 3.00. The molecular formula is C12H14F4O2. The van der Waals surface area contributed by atoms with Crippen LogP contribution in [0.4, 0.5) is 17.6 Å². The molecule has 0 aliphatic rings. The fraction of sp³-hybridized carbons (Fsp3) is 0.500. The van der Waals surface area contributed by atoms with Gasteiger partial charge in [0.15, 0.2) is 0 Å². The number of aliphatic hydroxyl groups is 2. The van der Waals surface area contributed by atoms with Crippen LogP contribution in [0.2, 0.25) is 0 Å². The highest BCUT2D eigenvalue weighted by atomic mass is 19.4. The fourth-order valence-electron chi connectivity index (χ4n) is 1.48. The molecule has 1 aromatic carbocycles. The van der Waals surface area contributed by atoms with Crippen LogP contribution in [0.15, 0.2) is 18.2 Å². The van der Waals surface area contributed by atoms with Gasteiger partial charge < -0.3 is 10.2 Å². The first kappa shape index (κ1) is 14.9. The molecule has 0 amide bonds. The van der Waals surface area contributed by atoms with E-state index in [2.05, 4.69) is 0 Å². The SMILES string of the molecule is CCC(C)(O)C(O)c1ccc(C(F)(F)F)c(F)c1. The number of rotatable bonds is 3. The molecule has 0 aliphatic heterocycles. The summed E-state index contributed by atoms with van der Waals surface area (Å²) in [6, 6.07) is 2.11. The van der Waals surface area contributed by atoms with E-state index < -0.39 is 29.3 Å². The van der Waals surface area contributed by atoms with Gasteiger partial charge in [-0.3, -0.25) is 0 Å². The van der Waals surface area contributed by atoms with Gasteiger partial charge in [0.25, 0.3) is 0 Å². The number of hydrogen-bond acceptors (Lipinski definition) is 2. The Bertz CT molecular complexity index is 427. The number of hydrogen-bond donors (Lipinski definition) is 2. The van der Waals surface area contributed by atoms with Crippen molar-refractivity contribution in [2.75, 3.05) is 0 Å². The second-order valence-corrected chi connectivity index (χ2v) is 4.35. The molecule has 2 N–H and O–H groups in total. The zero-order chi connectivity index (χ0) is 14.1. The van der Waals surface area contributed by atoms with Crippen LogP contribution < -0.4 is 0 Å². The number of alkyl halides is 3. The smallest absolute Gasteiger partial charge is 0.387 e. The van der Waals surface area contributed by atoms with Gasteiger partial charge in [0.1, 0.15) is 11.9 Å². The Hall–Kier alpha value is -1.14. The van der Waals surface area contributed by atoms with Crippen LogP contribution in [0.5, 0.6) is 0 Å². The van der Waals surface area contributed by atoms with E-state index in [0.29, 0.717) is 12.1 Å². The van der Waals surface area contributed by atoms with E-state index in [1.165, 1.54) is 6.92 Å². The highest BCUT2D eigenvalue weighted by Crippen LogP contribution is 2.34. The van der Waals surface area contributed by atoms with Crippen molar-refractivity contribution in [1.29, 1.82) is 0 Å². The van der Waals surface area contributed by atoms with Crippen LogP contribution in [0.25, 0.3) is 0 Å². The van der Waals surface area contributed by atoms with E-state index >= 15 is 0 Å². The van der Waals surface area contributed by atoms with E-state index in [0.717, 1.165) is 6.07 Å². The summed E-state index contributed by atoms with van der Waals surface area (Å²) in [6.07, 6.45) is -6.04. The Morgan fingerprint density at radius 2 is 1.83 bits per heavy atom. The van der Waals surface area contributed by atoms with E-state index in [-0.39, 0.29) is 12.0 Å². The van der Waals surface area contributed by atoms with Crippen LogP contribution in [0, 0.1) is 5.82 Å². The van der Waals surface area contributed by atoms with Crippen molar-refractivity contribution in [3.63, 3.8) is 0 Å². The molecule has 0 aromatic heterocycles. The highest BCUT2D eigenvalue weighted by molar-refractivity contribution is 5.29. The second-order valence-electron chi connectivity index (χ2n) is 4.35. The van der Waals surface area contributed by atoms with Crippen molar-refractivity contribution in [2.45, 2.75) is 38.1 Å². The minimum Gasteiger partial charge on any atom is -0.387 e. The standard InChI is InChI=1S/C12H14F4O2/c1-3-11(2,18)10(17)7-4-5-8(9(13)6-7)12(14,15)16/h4-6,10,17-18H,3H2,1-2H3. The molecule has 0 fully saturated rings. The average molecular weight is 266 g/mol. The minimum absolute atomic E-state index is 0.0904. The van der Waals surface area contributed by atoms with Gasteiger partial charge in [-0.25, -0.2) is 4.39 Å². The third-order valence-electron chi connectivity index (χ3n) is 2.92. The summed E-state index contributed by atoms with van der Waals surface area (Å²) in [5.41, 5.74) is -3.01. The predicted molar refractivity (Wildman–Crippen MR) is 57.3 cm³/mol. The Morgan fingerprint density at radius 1 is 1.28 bits per heavy atom. The van der Waals surface area contributed by atoms with Crippen molar-refractivity contribution < 1.29 is 27.8 Å². The summed E-state index contributed by atoms with van der Waals surface area (Å²) in [7, 11) is 0.